The summed E-state index contributed by atoms with van der Waals surface area (Å²) in [4.78, 5) is 19.7. The standard InChI is InChI=1S/C24H26N2O2S/c1-2-28-21-10-8-19(9-11-21)17-22-23(27)25-24(29-22)26-14-12-20(13-15-26)16-18-6-4-3-5-7-18/h3-11,17,20H,2,12-16H2,1H3/b22-17-. The number of hydrogen-bond donors (Lipinski definition) is 0. The molecule has 0 saturated carbocycles. The van der Waals surface area contributed by atoms with Crippen LogP contribution in [0.4, 0.5) is 0 Å². The van der Waals surface area contributed by atoms with Crippen molar-refractivity contribution in [3.63, 3.8) is 0 Å². The van der Waals surface area contributed by atoms with Crippen LogP contribution >= 0.6 is 11.8 Å². The number of piperidine rings is 1. The fourth-order valence-electron chi connectivity index (χ4n) is 3.79. The molecule has 0 spiro atoms. The minimum atomic E-state index is -0.134. The fraction of sp³-hybridized carbons (Fsp3) is 0.333. The number of thioether (sulfide) groups is 1. The van der Waals surface area contributed by atoms with E-state index in [1.54, 1.807) is 0 Å². The van der Waals surface area contributed by atoms with Gasteiger partial charge in [0.2, 0.25) is 0 Å². The van der Waals surface area contributed by atoms with Gasteiger partial charge in [-0.1, -0.05) is 42.5 Å². The van der Waals surface area contributed by atoms with Crippen LogP contribution in [0.2, 0.25) is 0 Å². The van der Waals surface area contributed by atoms with Crippen molar-refractivity contribution in [2.45, 2.75) is 26.2 Å². The van der Waals surface area contributed by atoms with Crippen molar-refractivity contribution >= 4 is 28.9 Å². The summed E-state index contributed by atoms with van der Waals surface area (Å²) < 4.78 is 5.47. The van der Waals surface area contributed by atoms with Crippen molar-refractivity contribution in [2.75, 3.05) is 19.7 Å². The molecule has 5 heteroatoms. The minimum absolute atomic E-state index is 0.134. The quantitative estimate of drug-likeness (QED) is 0.655. The second-order valence-corrected chi connectivity index (χ2v) is 8.44. The first-order valence-corrected chi connectivity index (χ1v) is 11.1. The van der Waals surface area contributed by atoms with Gasteiger partial charge in [0.1, 0.15) is 5.75 Å². The van der Waals surface area contributed by atoms with Crippen LogP contribution in [0.15, 0.2) is 64.5 Å². The van der Waals surface area contributed by atoms with Gasteiger partial charge in [-0.25, -0.2) is 0 Å². The van der Waals surface area contributed by atoms with Gasteiger partial charge >= 0.3 is 0 Å². The van der Waals surface area contributed by atoms with Crippen LogP contribution in [0.1, 0.15) is 30.9 Å². The molecule has 1 amide bonds. The van der Waals surface area contributed by atoms with Gasteiger partial charge in [-0.05, 0) is 73.2 Å². The Balaban J connectivity index is 1.33. The highest BCUT2D eigenvalue weighted by Crippen LogP contribution is 2.33. The molecular weight excluding hydrogens is 380 g/mol. The summed E-state index contributed by atoms with van der Waals surface area (Å²) in [5.74, 6) is 1.41. The van der Waals surface area contributed by atoms with E-state index in [1.165, 1.54) is 17.3 Å². The van der Waals surface area contributed by atoms with E-state index in [9.17, 15) is 4.79 Å². The van der Waals surface area contributed by atoms with Gasteiger partial charge < -0.3 is 9.64 Å². The molecular formula is C24H26N2O2S. The molecule has 2 aromatic carbocycles. The SMILES string of the molecule is CCOc1ccc(/C=C2\SC(N3CCC(Cc4ccccc4)CC3)=NC2=O)cc1. The molecule has 2 aliphatic rings. The predicted molar refractivity (Wildman–Crippen MR) is 120 cm³/mol. The van der Waals surface area contributed by atoms with Crippen LogP contribution in [0.3, 0.4) is 0 Å². The van der Waals surface area contributed by atoms with Crippen LogP contribution in [0.5, 0.6) is 5.75 Å². The molecule has 0 bridgehead atoms. The number of nitrogens with zero attached hydrogens (tertiary/aromatic N) is 2. The van der Waals surface area contributed by atoms with E-state index in [2.05, 4.69) is 40.2 Å². The molecule has 2 aliphatic heterocycles. The highest BCUT2D eigenvalue weighted by Gasteiger charge is 2.29. The molecule has 1 fully saturated rings. The number of likely N-dealkylation sites (tertiary alicyclic amines) is 1. The van der Waals surface area contributed by atoms with Crippen molar-refractivity contribution in [3.05, 3.63) is 70.6 Å². The van der Waals surface area contributed by atoms with E-state index in [1.807, 2.05) is 37.3 Å². The monoisotopic (exact) mass is 406 g/mol. The highest BCUT2D eigenvalue weighted by molar-refractivity contribution is 8.18. The van der Waals surface area contributed by atoms with Crippen molar-refractivity contribution in [1.29, 1.82) is 0 Å². The maximum Gasteiger partial charge on any atom is 0.286 e. The summed E-state index contributed by atoms with van der Waals surface area (Å²) in [7, 11) is 0. The Hall–Kier alpha value is -2.53. The Bertz CT molecular complexity index is 898. The topological polar surface area (TPSA) is 41.9 Å². The van der Waals surface area contributed by atoms with Crippen LogP contribution in [0.25, 0.3) is 6.08 Å². The molecule has 0 aromatic heterocycles. The number of hydrogen-bond acceptors (Lipinski definition) is 4. The molecule has 150 valence electrons. The molecule has 2 aromatic rings. The molecule has 4 nitrogen and oxygen atoms in total. The Labute approximate surface area is 176 Å². The molecule has 2 heterocycles. The maximum absolute atomic E-state index is 12.4. The smallest absolute Gasteiger partial charge is 0.286 e. The van der Waals surface area contributed by atoms with Crippen molar-refractivity contribution in [2.24, 2.45) is 10.9 Å². The summed E-state index contributed by atoms with van der Waals surface area (Å²) >= 11 is 1.50. The largest absolute Gasteiger partial charge is 0.494 e. The Morgan fingerprint density at radius 1 is 1.10 bits per heavy atom. The minimum Gasteiger partial charge on any atom is -0.494 e. The first-order chi connectivity index (χ1) is 14.2. The zero-order chi connectivity index (χ0) is 20.1. The number of aliphatic imine (C=N–C) groups is 1. The van der Waals surface area contributed by atoms with Gasteiger partial charge in [-0.15, -0.1) is 0 Å². The highest BCUT2D eigenvalue weighted by atomic mass is 32.2. The van der Waals surface area contributed by atoms with E-state index in [0.717, 1.165) is 48.8 Å². The van der Waals surface area contributed by atoms with Gasteiger partial charge in [-0.3, -0.25) is 4.79 Å². The van der Waals surface area contributed by atoms with E-state index in [0.29, 0.717) is 17.4 Å². The second-order valence-electron chi connectivity index (χ2n) is 7.43. The number of carbonyl (C=O) groups is 1. The van der Waals surface area contributed by atoms with Crippen LogP contribution < -0.4 is 4.74 Å². The van der Waals surface area contributed by atoms with E-state index in [4.69, 9.17) is 4.74 Å². The summed E-state index contributed by atoms with van der Waals surface area (Å²) in [5.41, 5.74) is 2.40. The van der Waals surface area contributed by atoms with Crippen LogP contribution in [0, 0.1) is 5.92 Å². The summed E-state index contributed by atoms with van der Waals surface area (Å²) in [6.07, 6.45) is 5.33. The van der Waals surface area contributed by atoms with Crippen molar-refractivity contribution in [3.8, 4) is 5.75 Å². The molecule has 0 N–H and O–H groups in total. The third-order valence-corrected chi connectivity index (χ3v) is 6.39. The maximum atomic E-state index is 12.4. The predicted octanol–water partition coefficient (Wildman–Crippen LogP) is 5.01. The van der Waals surface area contributed by atoms with E-state index >= 15 is 0 Å². The fourth-order valence-corrected chi connectivity index (χ4v) is 4.75. The molecule has 0 unspecified atom stereocenters. The Morgan fingerprint density at radius 2 is 1.83 bits per heavy atom. The first-order valence-electron chi connectivity index (χ1n) is 10.3. The molecule has 29 heavy (non-hydrogen) atoms. The Morgan fingerprint density at radius 3 is 2.52 bits per heavy atom. The zero-order valence-corrected chi connectivity index (χ0v) is 17.5. The first kappa shape index (κ1) is 19.8. The third-order valence-electron chi connectivity index (χ3n) is 5.35. The average molecular weight is 407 g/mol. The number of rotatable bonds is 5. The van der Waals surface area contributed by atoms with Gasteiger partial charge in [0.05, 0.1) is 11.5 Å². The second kappa shape index (κ2) is 9.31. The number of ether oxygens (including phenoxy) is 1. The molecule has 1 saturated heterocycles. The van der Waals surface area contributed by atoms with Gasteiger partial charge in [0, 0.05) is 13.1 Å². The number of benzene rings is 2. The van der Waals surface area contributed by atoms with Gasteiger partial charge in [-0.2, -0.15) is 4.99 Å². The third kappa shape index (κ3) is 5.10. The molecule has 0 aliphatic carbocycles. The Kier molecular flexibility index (Phi) is 6.35. The van der Waals surface area contributed by atoms with Crippen LogP contribution in [-0.2, 0) is 11.2 Å². The van der Waals surface area contributed by atoms with E-state index in [-0.39, 0.29) is 5.91 Å². The molecule has 0 atom stereocenters. The zero-order valence-electron chi connectivity index (χ0n) is 16.7. The number of carbonyl (C=O) groups excluding carboxylic acids is 1. The normalized spacial score (nSPS) is 18.9. The molecule has 0 radical (unpaired) electrons. The number of amides is 1. The molecule has 4 rings (SSSR count). The summed E-state index contributed by atoms with van der Waals surface area (Å²) in [6, 6.07) is 18.5. The lowest BCUT2D eigenvalue weighted by atomic mass is 9.90. The van der Waals surface area contributed by atoms with Crippen molar-refractivity contribution in [1.82, 2.24) is 4.90 Å². The van der Waals surface area contributed by atoms with E-state index < -0.39 is 0 Å². The van der Waals surface area contributed by atoms with Gasteiger partial charge in [0.25, 0.3) is 5.91 Å². The summed E-state index contributed by atoms with van der Waals surface area (Å²) in [5, 5.41) is 0.852. The summed E-state index contributed by atoms with van der Waals surface area (Å²) in [6.45, 7) is 4.54. The van der Waals surface area contributed by atoms with Crippen LogP contribution in [-0.4, -0.2) is 35.7 Å². The van der Waals surface area contributed by atoms with Crippen molar-refractivity contribution < 1.29 is 9.53 Å². The average Bonchev–Trinajstić information content (AvgIpc) is 3.11. The lowest BCUT2D eigenvalue weighted by molar-refractivity contribution is -0.113. The number of amidine groups is 1. The lowest BCUT2D eigenvalue weighted by Gasteiger charge is -2.32. The lowest BCUT2D eigenvalue weighted by Crippen LogP contribution is -2.37. The van der Waals surface area contributed by atoms with Gasteiger partial charge in [0.15, 0.2) is 5.17 Å².